The lowest BCUT2D eigenvalue weighted by Crippen LogP contribution is -2.35. The minimum atomic E-state index is -3.42. The zero-order chi connectivity index (χ0) is 18.9. The van der Waals surface area contributed by atoms with E-state index in [-0.39, 0.29) is 16.8 Å². The largest absolute Gasteiger partial charge is 0.309 e. The maximum Gasteiger partial charge on any atom is 0.242 e. The van der Waals surface area contributed by atoms with Crippen molar-refractivity contribution in [3.63, 3.8) is 0 Å². The molecule has 1 atom stereocenters. The molecule has 138 valence electrons. The predicted molar refractivity (Wildman–Crippen MR) is 103 cm³/mol. The number of nitrogens with zero attached hydrogens (tertiary/aromatic N) is 2. The molecule has 6 heteroatoms. The number of aryl methyl sites for hydroxylation is 1. The molecule has 0 aromatic heterocycles. The summed E-state index contributed by atoms with van der Waals surface area (Å²) in [5.41, 5.74) is 3.18. The van der Waals surface area contributed by atoms with Gasteiger partial charge in [0.05, 0.1) is 4.90 Å². The van der Waals surface area contributed by atoms with Crippen LogP contribution in [0.3, 0.4) is 0 Å². The van der Waals surface area contributed by atoms with Crippen LogP contribution in [0.5, 0.6) is 0 Å². The molecule has 5 nitrogen and oxygen atoms in total. The molecule has 0 bridgehead atoms. The summed E-state index contributed by atoms with van der Waals surface area (Å²) in [5.74, 6) is 0.104. The van der Waals surface area contributed by atoms with Crippen molar-refractivity contribution in [1.29, 1.82) is 0 Å². The standard InChI is InChI=1S/C20H24N2O3S/c1-15-14-17-6-4-5-7-19(17)22(15)20(23)13-10-16-8-11-18(12-9-16)26(24,25)21(2)3/h4-9,11-12,15H,10,13-14H2,1-3H3/t15-/m1/s1. The van der Waals surface area contributed by atoms with Gasteiger partial charge < -0.3 is 4.90 Å². The highest BCUT2D eigenvalue weighted by atomic mass is 32.2. The highest BCUT2D eigenvalue weighted by Gasteiger charge is 2.30. The number of para-hydroxylation sites is 1. The molecule has 0 N–H and O–H groups in total. The van der Waals surface area contributed by atoms with Gasteiger partial charge in [0.2, 0.25) is 15.9 Å². The van der Waals surface area contributed by atoms with E-state index in [2.05, 4.69) is 13.0 Å². The minimum Gasteiger partial charge on any atom is -0.309 e. The first-order valence-corrected chi connectivity index (χ1v) is 10.2. The van der Waals surface area contributed by atoms with Gasteiger partial charge in [-0.05, 0) is 49.1 Å². The van der Waals surface area contributed by atoms with Crippen molar-refractivity contribution >= 4 is 21.6 Å². The second-order valence-electron chi connectivity index (χ2n) is 6.88. The molecule has 1 heterocycles. The van der Waals surface area contributed by atoms with Crippen molar-refractivity contribution in [2.45, 2.75) is 37.1 Å². The number of carbonyl (C=O) groups is 1. The van der Waals surface area contributed by atoms with Gasteiger partial charge in [-0.2, -0.15) is 0 Å². The Kier molecular flexibility index (Phi) is 5.16. The molecular weight excluding hydrogens is 348 g/mol. The predicted octanol–water partition coefficient (Wildman–Crippen LogP) is 2.85. The molecule has 3 rings (SSSR count). The van der Waals surface area contributed by atoms with Crippen LogP contribution in [0.15, 0.2) is 53.4 Å². The third-order valence-corrected chi connectivity index (χ3v) is 6.63. The fourth-order valence-corrected chi connectivity index (χ4v) is 4.26. The molecule has 0 unspecified atom stereocenters. The Morgan fingerprint density at radius 2 is 1.77 bits per heavy atom. The van der Waals surface area contributed by atoms with E-state index >= 15 is 0 Å². The van der Waals surface area contributed by atoms with Gasteiger partial charge in [-0.25, -0.2) is 12.7 Å². The number of hydrogen-bond donors (Lipinski definition) is 0. The quantitative estimate of drug-likeness (QED) is 0.811. The first-order chi connectivity index (χ1) is 12.3. The minimum absolute atomic E-state index is 0.104. The van der Waals surface area contributed by atoms with Crippen molar-refractivity contribution in [3.05, 3.63) is 59.7 Å². The van der Waals surface area contributed by atoms with E-state index in [1.165, 1.54) is 24.0 Å². The number of sulfonamides is 1. The van der Waals surface area contributed by atoms with Gasteiger partial charge in [0.1, 0.15) is 0 Å². The SMILES string of the molecule is C[C@@H]1Cc2ccccc2N1C(=O)CCc1ccc(S(=O)(=O)N(C)C)cc1. The van der Waals surface area contributed by atoms with E-state index in [1.807, 2.05) is 23.1 Å². The normalized spacial score (nSPS) is 16.8. The molecule has 0 fully saturated rings. The van der Waals surface area contributed by atoms with Gasteiger partial charge in [0, 0.05) is 32.2 Å². The topological polar surface area (TPSA) is 57.7 Å². The average Bonchev–Trinajstić information content (AvgIpc) is 2.95. The highest BCUT2D eigenvalue weighted by Crippen LogP contribution is 2.32. The number of benzene rings is 2. The van der Waals surface area contributed by atoms with Crippen LogP contribution in [0.1, 0.15) is 24.5 Å². The van der Waals surface area contributed by atoms with E-state index in [0.29, 0.717) is 12.8 Å². The van der Waals surface area contributed by atoms with Crippen LogP contribution in [0.25, 0.3) is 0 Å². The summed E-state index contributed by atoms with van der Waals surface area (Å²) in [6, 6.07) is 15.0. The van der Waals surface area contributed by atoms with Crippen molar-refractivity contribution in [3.8, 4) is 0 Å². The Balaban J connectivity index is 1.67. The molecule has 1 aliphatic rings. The van der Waals surface area contributed by atoms with E-state index < -0.39 is 10.0 Å². The molecule has 0 aliphatic carbocycles. The van der Waals surface area contributed by atoms with Gasteiger partial charge in [-0.1, -0.05) is 30.3 Å². The third kappa shape index (κ3) is 3.52. The Labute approximate surface area is 155 Å². The lowest BCUT2D eigenvalue weighted by Gasteiger charge is -2.22. The Morgan fingerprint density at radius 3 is 2.42 bits per heavy atom. The second kappa shape index (κ2) is 7.21. The van der Waals surface area contributed by atoms with Crippen molar-refractivity contribution in [1.82, 2.24) is 4.31 Å². The summed E-state index contributed by atoms with van der Waals surface area (Å²) in [6.45, 7) is 2.07. The molecule has 1 amide bonds. The second-order valence-corrected chi connectivity index (χ2v) is 9.03. The van der Waals surface area contributed by atoms with E-state index in [4.69, 9.17) is 0 Å². The van der Waals surface area contributed by atoms with Gasteiger partial charge >= 0.3 is 0 Å². The fourth-order valence-electron chi connectivity index (χ4n) is 3.36. The van der Waals surface area contributed by atoms with Gasteiger partial charge in [-0.3, -0.25) is 4.79 Å². The zero-order valence-corrected chi connectivity index (χ0v) is 16.2. The first-order valence-electron chi connectivity index (χ1n) is 8.72. The van der Waals surface area contributed by atoms with Crippen LogP contribution in [0, 0.1) is 0 Å². The number of anilines is 1. The summed E-state index contributed by atoms with van der Waals surface area (Å²) in [4.78, 5) is 14.9. The van der Waals surface area contributed by atoms with Crippen molar-refractivity contribution in [2.75, 3.05) is 19.0 Å². The molecule has 2 aromatic carbocycles. The van der Waals surface area contributed by atoms with Crippen molar-refractivity contribution < 1.29 is 13.2 Å². The fraction of sp³-hybridized carbons (Fsp3) is 0.350. The zero-order valence-electron chi connectivity index (χ0n) is 15.3. The molecule has 1 aliphatic heterocycles. The number of carbonyl (C=O) groups excluding carboxylic acids is 1. The molecule has 26 heavy (non-hydrogen) atoms. The summed E-state index contributed by atoms with van der Waals surface area (Å²) in [7, 11) is -0.399. The third-order valence-electron chi connectivity index (χ3n) is 4.81. The summed E-state index contributed by atoms with van der Waals surface area (Å²) < 4.78 is 25.4. The Hall–Kier alpha value is -2.18. The maximum atomic E-state index is 12.7. The van der Waals surface area contributed by atoms with Crippen LogP contribution >= 0.6 is 0 Å². The van der Waals surface area contributed by atoms with Crippen LogP contribution in [0.2, 0.25) is 0 Å². The average molecular weight is 372 g/mol. The molecule has 0 radical (unpaired) electrons. The summed E-state index contributed by atoms with van der Waals surface area (Å²) in [5, 5.41) is 0. The van der Waals surface area contributed by atoms with Crippen LogP contribution in [0.4, 0.5) is 5.69 Å². The van der Waals surface area contributed by atoms with Gasteiger partial charge in [0.15, 0.2) is 0 Å². The van der Waals surface area contributed by atoms with Crippen molar-refractivity contribution in [2.24, 2.45) is 0 Å². The Morgan fingerprint density at radius 1 is 1.12 bits per heavy atom. The number of rotatable bonds is 5. The van der Waals surface area contributed by atoms with Crippen LogP contribution in [-0.4, -0.2) is 38.8 Å². The Bertz CT molecular complexity index is 905. The van der Waals surface area contributed by atoms with E-state index in [0.717, 1.165) is 17.7 Å². The smallest absolute Gasteiger partial charge is 0.242 e. The van der Waals surface area contributed by atoms with Gasteiger partial charge in [0.25, 0.3) is 0 Å². The lowest BCUT2D eigenvalue weighted by molar-refractivity contribution is -0.118. The molecule has 0 saturated carbocycles. The summed E-state index contributed by atoms with van der Waals surface area (Å²) in [6.07, 6.45) is 1.88. The maximum absolute atomic E-state index is 12.7. The summed E-state index contributed by atoms with van der Waals surface area (Å²) >= 11 is 0. The molecule has 2 aromatic rings. The number of hydrogen-bond acceptors (Lipinski definition) is 3. The van der Waals surface area contributed by atoms with Crippen LogP contribution < -0.4 is 4.90 Å². The van der Waals surface area contributed by atoms with Gasteiger partial charge in [-0.15, -0.1) is 0 Å². The monoisotopic (exact) mass is 372 g/mol. The van der Waals surface area contributed by atoms with Crippen LogP contribution in [-0.2, 0) is 27.7 Å². The number of amides is 1. The highest BCUT2D eigenvalue weighted by molar-refractivity contribution is 7.89. The lowest BCUT2D eigenvalue weighted by atomic mass is 10.1. The van der Waals surface area contributed by atoms with E-state index in [1.54, 1.807) is 24.3 Å². The first kappa shape index (κ1) is 18.6. The van der Waals surface area contributed by atoms with E-state index in [9.17, 15) is 13.2 Å². The molecular formula is C20H24N2O3S. The molecule has 0 saturated heterocycles. The number of fused-ring (bicyclic) bond motifs is 1. The molecule has 0 spiro atoms.